The second-order valence-corrected chi connectivity index (χ2v) is 3.19. The van der Waals surface area contributed by atoms with Crippen molar-refractivity contribution in [2.24, 2.45) is 0 Å². The van der Waals surface area contributed by atoms with Gasteiger partial charge in [0, 0.05) is 6.42 Å². The van der Waals surface area contributed by atoms with E-state index >= 15 is 0 Å². The minimum atomic E-state index is -0.371. The van der Waals surface area contributed by atoms with Crippen LogP contribution in [0.5, 0.6) is 5.75 Å². The van der Waals surface area contributed by atoms with Crippen molar-refractivity contribution in [1.82, 2.24) is 0 Å². The maximum Gasteiger partial charge on any atom is 0.122 e. The molecule has 1 atom stereocenters. The Morgan fingerprint density at radius 2 is 2.21 bits per heavy atom. The molecule has 2 heteroatoms. The standard InChI is InChI=1S/C12H16O2/c1-3-6-11(13)9-10-7-4-5-8-12(10)14-2/h3-5,7-8,11,13H,1,6,9H2,2H3. The van der Waals surface area contributed by atoms with Gasteiger partial charge in [-0.25, -0.2) is 0 Å². The van der Waals surface area contributed by atoms with Gasteiger partial charge in [0.25, 0.3) is 0 Å². The maximum absolute atomic E-state index is 9.60. The number of benzene rings is 1. The number of aliphatic hydroxyl groups excluding tert-OH is 1. The summed E-state index contributed by atoms with van der Waals surface area (Å²) < 4.78 is 5.19. The average Bonchev–Trinajstić information content (AvgIpc) is 2.19. The Balaban J connectivity index is 2.69. The van der Waals surface area contributed by atoms with Gasteiger partial charge in [-0.1, -0.05) is 24.3 Å². The van der Waals surface area contributed by atoms with E-state index < -0.39 is 0 Å². The summed E-state index contributed by atoms with van der Waals surface area (Å²) >= 11 is 0. The minimum Gasteiger partial charge on any atom is -0.496 e. The SMILES string of the molecule is C=CCC(O)Cc1ccccc1OC. The van der Waals surface area contributed by atoms with Crippen molar-refractivity contribution in [3.8, 4) is 5.75 Å². The van der Waals surface area contributed by atoms with Crippen LogP contribution >= 0.6 is 0 Å². The number of ether oxygens (including phenoxy) is 1. The lowest BCUT2D eigenvalue weighted by Crippen LogP contribution is -2.09. The maximum atomic E-state index is 9.60. The highest BCUT2D eigenvalue weighted by Gasteiger charge is 2.07. The molecule has 1 aromatic carbocycles. The van der Waals surface area contributed by atoms with Crippen molar-refractivity contribution in [2.75, 3.05) is 7.11 Å². The quantitative estimate of drug-likeness (QED) is 0.724. The first-order valence-corrected chi connectivity index (χ1v) is 4.68. The zero-order valence-electron chi connectivity index (χ0n) is 8.44. The topological polar surface area (TPSA) is 29.5 Å². The summed E-state index contributed by atoms with van der Waals surface area (Å²) in [6.45, 7) is 3.59. The summed E-state index contributed by atoms with van der Waals surface area (Å²) in [5.74, 6) is 0.829. The second-order valence-electron chi connectivity index (χ2n) is 3.19. The van der Waals surface area contributed by atoms with Crippen LogP contribution in [0.25, 0.3) is 0 Å². The summed E-state index contributed by atoms with van der Waals surface area (Å²) in [5, 5.41) is 9.60. The third kappa shape index (κ3) is 2.89. The monoisotopic (exact) mass is 192 g/mol. The van der Waals surface area contributed by atoms with Gasteiger partial charge in [0.2, 0.25) is 0 Å². The molecule has 0 radical (unpaired) electrons. The first-order valence-electron chi connectivity index (χ1n) is 4.68. The van der Waals surface area contributed by atoms with Gasteiger partial charge in [0.15, 0.2) is 0 Å². The first-order chi connectivity index (χ1) is 6.77. The van der Waals surface area contributed by atoms with Crippen molar-refractivity contribution in [3.05, 3.63) is 42.5 Å². The van der Waals surface area contributed by atoms with Gasteiger partial charge in [-0.05, 0) is 18.1 Å². The molecule has 0 saturated carbocycles. The minimum absolute atomic E-state index is 0.371. The summed E-state index contributed by atoms with van der Waals surface area (Å²) in [6, 6.07) is 7.72. The fourth-order valence-electron chi connectivity index (χ4n) is 1.40. The van der Waals surface area contributed by atoms with E-state index in [1.54, 1.807) is 13.2 Å². The summed E-state index contributed by atoms with van der Waals surface area (Å²) in [7, 11) is 1.64. The molecule has 14 heavy (non-hydrogen) atoms. The van der Waals surface area contributed by atoms with E-state index in [2.05, 4.69) is 6.58 Å². The molecule has 0 saturated heterocycles. The van der Waals surface area contributed by atoms with Crippen molar-refractivity contribution in [1.29, 1.82) is 0 Å². The van der Waals surface area contributed by atoms with Crippen LogP contribution in [0.1, 0.15) is 12.0 Å². The summed E-state index contributed by atoms with van der Waals surface area (Å²) in [6.07, 6.45) is 2.57. The molecule has 0 spiro atoms. The van der Waals surface area contributed by atoms with Crippen molar-refractivity contribution < 1.29 is 9.84 Å². The molecule has 1 N–H and O–H groups in total. The van der Waals surface area contributed by atoms with E-state index in [4.69, 9.17) is 4.74 Å². The predicted octanol–water partition coefficient (Wildman–Crippen LogP) is 2.17. The van der Waals surface area contributed by atoms with Gasteiger partial charge < -0.3 is 9.84 Å². The molecule has 0 bridgehead atoms. The molecule has 2 nitrogen and oxygen atoms in total. The van der Waals surface area contributed by atoms with Gasteiger partial charge in [-0.3, -0.25) is 0 Å². The van der Waals surface area contributed by atoms with Crippen molar-refractivity contribution in [3.63, 3.8) is 0 Å². The van der Waals surface area contributed by atoms with Crippen LogP contribution in [0.15, 0.2) is 36.9 Å². The lowest BCUT2D eigenvalue weighted by Gasteiger charge is -2.11. The Hall–Kier alpha value is -1.28. The Morgan fingerprint density at radius 3 is 2.86 bits per heavy atom. The predicted molar refractivity (Wildman–Crippen MR) is 57.5 cm³/mol. The third-order valence-electron chi connectivity index (χ3n) is 2.09. The molecule has 0 aromatic heterocycles. The lowest BCUT2D eigenvalue weighted by molar-refractivity contribution is 0.177. The van der Waals surface area contributed by atoms with Crippen LogP contribution in [0.4, 0.5) is 0 Å². The average molecular weight is 192 g/mol. The molecule has 0 fully saturated rings. The normalized spacial score (nSPS) is 12.1. The van der Waals surface area contributed by atoms with Crippen LogP contribution in [0, 0.1) is 0 Å². The molecule has 0 aliphatic heterocycles. The van der Waals surface area contributed by atoms with Gasteiger partial charge >= 0.3 is 0 Å². The van der Waals surface area contributed by atoms with Crippen LogP contribution < -0.4 is 4.74 Å². The first kappa shape index (κ1) is 10.8. The summed E-state index contributed by atoms with van der Waals surface area (Å²) in [4.78, 5) is 0. The fraction of sp³-hybridized carbons (Fsp3) is 0.333. The Bertz CT molecular complexity index is 294. The molecular formula is C12H16O2. The zero-order chi connectivity index (χ0) is 10.4. The highest BCUT2D eigenvalue weighted by atomic mass is 16.5. The molecule has 0 heterocycles. The number of hydrogen-bond donors (Lipinski definition) is 1. The van der Waals surface area contributed by atoms with Crippen molar-refractivity contribution >= 4 is 0 Å². The van der Waals surface area contributed by atoms with Gasteiger partial charge in [-0.2, -0.15) is 0 Å². The Kier molecular flexibility index (Phi) is 4.20. The van der Waals surface area contributed by atoms with Gasteiger partial charge in [-0.15, -0.1) is 6.58 Å². The zero-order valence-corrected chi connectivity index (χ0v) is 8.44. The van der Waals surface area contributed by atoms with Gasteiger partial charge in [0.05, 0.1) is 13.2 Å². The van der Waals surface area contributed by atoms with Crippen LogP contribution in [-0.2, 0) is 6.42 Å². The number of methoxy groups -OCH3 is 1. The van der Waals surface area contributed by atoms with Gasteiger partial charge in [0.1, 0.15) is 5.75 Å². The van der Waals surface area contributed by atoms with E-state index in [0.29, 0.717) is 12.8 Å². The Morgan fingerprint density at radius 1 is 1.50 bits per heavy atom. The smallest absolute Gasteiger partial charge is 0.122 e. The molecule has 76 valence electrons. The molecule has 1 unspecified atom stereocenters. The fourth-order valence-corrected chi connectivity index (χ4v) is 1.40. The number of hydrogen-bond acceptors (Lipinski definition) is 2. The molecule has 1 aromatic rings. The third-order valence-corrected chi connectivity index (χ3v) is 2.09. The summed E-state index contributed by atoms with van der Waals surface area (Å²) in [5.41, 5.74) is 1.03. The molecule has 0 amide bonds. The van der Waals surface area contributed by atoms with Crippen molar-refractivity contribution in [2.45, 2.75) is 18.9 Å². The molecule has 0 aliphatic carbocycles. The number of para-hydroxylation sites is 1. The van der Waals surface area contributed by atoms with Crippen LogP contribution in [-0.4, -0.2) is 18.3 Å². The number of aliphatic hydroxyl groups is 1. The molecule has 1 rings (SSSR count). The highest BCUT2D eigenvalue weighted by Crippen LogP contribution is 2.19. The molecular weight excluding hydrogens is 176 g/mol. The van der Waals surface area contributed by atoms with E-state index in [9.17, 15) is 5.11 Å². The lowest BCUT2D eigenvalue weighted by atomic mass is 10.0. The second kappa shape index (κ2) is 5.45. The van der Waals surface area contributed by atoms with E-state index in [0.717, 1.165) is 11.3 Å². The van der Waals surface area contributed by atoms with E-state index in [1.165, 1.54) is 0 Å². The largest absolute Gasteiger partial charge is 0.496 e. The highest BCUT2D eigenvalue weighted by molar-refractivity contribution is 5.33. The Labute approximate surface area is 84.8 Å². The van der Waals surface area contributed by atoms with Crippen LogP contribution in [0.2, 0.25) is 0 Å². The molecule has 0 aliphatic rings. The number of rotatable bonds is 5. The van der Waals surface area contributed by atoms with Crippen LogP contribution in [0.3, 0.4) is 0 Å². The van der Waals surface area contributed by atoms with E-state index in [-0.39, 0.29) is 6.10 Å². The van der Waals surface area contributed by atoms with E-state index in [1.807, 2.05) is 24.3 Å².